The van der Waals surface area contributed by atoms with Crippen molar-refractivity contribution in [2.24, 2.45) is 0 Å². The number of nitrogens with zero attached hydrogens (tertiary/aromatic N) is 4. The van der Waals surface area contributed by atoms with Gasteiger partial charge < -0.3 is 38.9 Å². The van der Waals surface area contributed by atoms with E-state index in [9.17, 15) is 23.2 Å². The molecule has 2 N–H and O–H groups in total. The molecular weight excluding hydrogens is 679 g/mol. The lowest BCUT2D eigenvalue weighted by molar-refractivity contribution is -0.118. The number of benzene rings is 2. The molecule has 276 valence electrons. The molecule has 0 saturated heterocycles. The van der Waals surface area contributed by atoms with E-state index in [1.165, 1.54) is 29.9 Å². The van der Waals surface area contributed by atoms with E-state index in [1.54, 1.807) is 24.4 Å². The molecule has 15 heteroatoms. The fraction of sp³-hybridized carbons (Fsp3) is 0.444. The van der Waals surface area contributed by atoms with Crippen LogP contribution in [0.1, 0.15) is 31.2 Å². The van der Waals surface area contributed by atoms with Gasteiger partial charge in [0.25, 0.3) is 5.56 Å². The number of methoxy groups -OCH3 is 1. The molecule has 0 aliphatic carbocycles. The maximum Gasteiger partial charge on any atom is 0.407 e. The number of carbonyl (C=O) groups excluding carboxylic acids is 2. The summed E-state index contributed by atoms with van der Waals surface area (Å²) in [6.45, 7) is 9.36. The van der Waals surface area contributed by atoms with Gasteiger partial charge in [-0.25, -0.2) is 18.6 Å². The fourth-order valence-corrected chi connectivity index (χ4v) is 5.90. The summed E-state index contributed by atoms with van der Waals surface area (Å²) in [7, 11) is 3.70. The van der Waals surface area contributed by atoms with Crippen molar-refractivity contribution in [3.05, 3.63) is 88.1 Å². The number of ether oxygens (including phenoxy) is 3. The first-order valence-electron chi connectivity index (χ1n) is 16.8. The Morgan fingerprint density at radius 2 is 1.82 bits per heavy atom. The molecule has 4 aromatic rings. The van der Waals surface area contributed by atoms with Gasteiger partial charge in [-0.3, -0.25) is 9.59 Å². The van der Waals surface area contributed by atoms with Crippen LogP contribution in [-0.2, 0) is 34.2 Å². The van der Waals surface area contributed by atoms with Gasteiger partial charge in [-0.1, -0.05) is 25.7 Å². The summed E-state index contributed by atoms with van der Waals surface area (Å²) in [5.41, 5.74) is 0.885. The number of para-hydroxylation sites is 1. The molecule has 0 bridgehead atoms. The minimum absolute atomic E-state index is 0.0187. The van der Waals surface area contributed by atoms with Crippen LogP contribution in [0.4, 0.5) is 19.3 Å². The average molecular weight is 727 g/mol. The number of fused-ring (bicyclic) bond motifs is 1. The second-order valence-electron chi connectivity index (χ2n) is 13.9. The van der Waals surface area contributed by atoms with E-state index in [2.05, 4.69) is 30.3 Å². The van der Waals surface area contributed by atoms with Crippen LogP contribution in [0.5, 0.6) is 5.75 Å². The molecule has 51 heavy (non-hydrogen) atoms. The maximum absolute atomic E-state index is 14.4. The van der Waals surface area contributed by atoms with Gasteiger partial charge >= 0.3 is 6.09 Å². The number of nitrogens with one attached hydrogen (secondary N) is 2. The van der Waals surface area contributed by atoms with Gasteiger partial charge in [0.15, 0.2) is 0 Å². The minimum atomic E-state index is -1.37. The Morgan fingerprint density at radius 3 is 2.51 bits per heavy atom. The van der Waals surface area contributed by atoms with Crippen LogP contribution >= 0.6 is 0 Å². The van der Waals surface area contributed by atoms with Gasteiger partial charge in [0.1, 0.15) is 53.8 Å². The van der Waals surface area contributed by atoms with Crippen molar-refractivity contribution in [2.45, 2.75) is 77.4 Å². The Kier molecular flexibility index (Phi) is 13.5. The molecule has 0 aliphatic heterocycles. The number of aromatic nitrogens is 3. The van der Waals surface area contributed by atoms with Crippen LogP contribution in [0.2, 0.25) is 25.7 Å². The minimum Gasteiger partial charge on any atom is -0.486 e. The smallest absolute Gasteiger partial charge is 0.407 e. The van der Waals surface area contributed by atoms with Crippen LogP contribution in [0.25, 0.3) is 11.0 Å². The van der Waals surface area contributed by atoms with Crippen LogP contribution in [0.15, 0.2) is 59.5 Å². The molecule has 0 aliphatic rings. The van der Waals surface area contributed by atoms with Crippen molar-refractivity contribution in [1.82, 2.24) is 24.3 Å². The summed E-state index contributed by atoms with van der Waals surface area (Å²) in [6.07, 6.45) is 1.76. The highest BCUT2D eigenvalue weighted by Crippen LogP contribution is 2.28. The number of hydrogen-bond acceptors (Lipinski definition) is 8. The number of alkyl carbamates (subject to hydrolysis) is 1. The molecule has 1 unspecified atom stereocenters. The second-order valence-corrected chi connectivity index (χ2v) is 19.5. The molecule has 2 heterocycles. The van der Waals surface area contributed by atoms with Crippen molar-refractivity contribution in [3.8, 4) is 5.75 Å². The average Bonchev–Trinajstić information content (AvgIpc) is 3.42. The topological polar surface area (TPSA) is 129 Å². The molecule has 2 amide bonds. The standard InChI is InChI=1S/C36H48F2N6O6Si/c1-24(42(2)3)13-16-28(40-36(47)48-4)34(45)39-29-10-9-17-43(35(29)46)21-32-41-33-30(44(32)23-49-18-19-51(5,6)7)11-8-12-31(33)50-22-25-14-15-26(37)20-27(25)38/h8-12,14-15,17,20,24,28H,13,16,18-19,21-23H2,1-7H3,(H,39,45)(H,40,47)/t24?,28-/m0/s1. The third-order valence-corrected chi connectivity index (χ3v) is 10.3. The normalized spacial score (nSPS) is 12.9. The van der Waals surface area contributed by atoms with Gasteiger partial charge in [0, 0.05) is 38.5 Å². The summed E-state index contributed by atoms with van der Waals surface area (Å²) >= 11 is 0. The molecule has 0 spiro atoms. The van der Waals surface area contributed by atoms with Crippen LogP contribution in [-0.4, -0.2) is 79.0 Å². The molecule has 0 saturated carbocycles. The van der Waals surface area contributed by atoms with E-state index in [0.717, 1.165) is 12.1 Å². The number of pyridine rings is 1. The Hall–Kier alpha value is -4.60. The first kappa shape index (κ1) is 39.2. The molecule has 2 aromatic carbocycles. The van der Waals surface area contributed by atoms with E-state index in [4.69, 9.17) is 19.2 Å². The predicted molar refractivity (Wildman–Crippen MR) is 195 cm³/mol. The van der Waals surface area contributed by atoms with Gasteiger partial charge in [0.2, 0.25) is 5.91 Å². The largest absolute Gasteiger partial charge is 0.486 e. The van der Waals surface area contributed by atoms with Gasteiger partial charge in [-0.2, -0.15) is 0 Å². The fourth-order valence-electron chi connectivity index (χ4n) is 5.14. The number of hydrogen-bond donors (Lipinski definition) is 2. The quantitative estimate of drug-likeness (QED) is 0.103. The lowest BCUT2D eigenvalue weighted by Gasteiger charge is -2.23. The molecule has 2 atom stereocenters. The summed E-state index contributed by atoms with van der Waals surface area (Å²) in [4.78, 5) is 46.0. The van der Waals surface area contributed by atoms with Gasteiger partial charge in [0.05, 0.1) is 19.2 Å². The molecule has 12 nitrogen and oxygen atoms in total. The molecule has 0 radical (unpaired) electrons. The summed E-state index contributed by atoms with van der Waals surface area (Å²) in [5, 5.41) is 5.25. The number of halogens is 2. The third kappa shape index (κ3) is 10.9. The number of anilines is 1. The number of imidazole rings is 1. The van der Waals surface area contributed by atoms with Gasteiger partial charge in [-0.05, 0) is 76.3 Å². The van der Waals surface area contributed by atoms with Crippen molar-refractivity contribution in [2.75, 3.05) is 33.1 Å². The lowest BCUT2D eigenvalue weighted by Crippen LogP contribution is -2.45. The van der Waals surface area contributed by atoms with E-state index < -0.39 is 43.3 Å². The highest BCUT2D eigenvalue weighted by molar-refractivity contribution is 6.76. The van der Waals surface area contributed by atoms with E-state index in [0.29, 0.717) is 42.1 Å². The van der Waals surface area contributed by atoms with Crippen LogP contribution < -0.4 is 20.9 Å². The van der Waals surface area contributed by atoms with Gasteiger partial charge in [-0.15, -0.1) is 0 Å². The van der Waals surface area contributed by atoms with Crippen molar-refractivity contribution in [3.63, 3.8) is 0 Å². The van der Waals surface area contributed by atoms with Crippen molar-refractivity contribution in [1.29, 1.82) is 0 Å². The third-order valence-electron chi connectivity index (χ3n) is 8.57. The monoisotopic (exact) mass is 726 g/mol. The first-order valence-corrected chi connectivity index (χ1v) is 20.5. The number of rotatable bonds is 17. The Bertz CT molecular complexity index is 1880. The van der Waals surface area contributed by atoms with E-state index in [-0.39, 0.29) is 37.2 Å². The molecule has 2 aromatic heterocycles. The summed E-state index contributed by atoms with van der Waals surface area (Å²) < 4.78 is 47.9. The molecular formula is C36H48F2N6O6Si. The number of carbonyl (C=O) groups is 2. The SMILES string of the molecule is COC(=O)N[C@@H](CCC(C)N(C)C)C(=O)Nc1cccn(Cc2nc3c(OCc4ccc(F)cc4F)cccc3n2COCC[Si](C)(C)C)c1=O. The van der Waals surface area contributed by atoms with Crippen molar-refractivity contribution >= 4 is 36.8 Å². The summed E-state index contributed by atoms with van der Waals surface area (Å²) in [6, 6.07) is 11.9. The first-order chi connectivity index (χ1) is 24.2. The Balaban J connectivity index is 1.62. The number of amides is 2. The lowest BCUT2D eigenvalue weighted by atomic mass is 10.1. The van der Waals surface area contributed by atoms with Crippen molar-refractivity contribution < 1.29 is 32.6 Å². The summed E-state index contributed by atoms with van der Waals surface area (Å²) in [5.74, 6) is -1.09. The zero-order valence-electron chi connectivity index (χ0n) is 30.3. The Labute approximate surface area is 297 Å². The zero-order valence-corrected chi connectivity index (χ0v) is 31.3. The zero-order chi connectivity index (χ0) is 37.3. The predicted octanol–water partition coefficient (Wildman–Crippen LogP) is 5.81. The molecule has 4 rings (SSSR count). The second kappa shape index (κ2) is 17.6. The maximum atomic E-state index is 14.4. The van der Waals surface area contributed by atoms with E-state index >= 15 is 0 Å². The van der Waals surface area contributed by atoms with Crippen LogP contribution in [0.3, 0.4) is 0 Å². The Morgan fingerprint density at radius 1 is 1.06 bits per heavy atom. The molecule has 0 fully saturated rings. The van der Waals surface area contributed by atoms with E-state index in [1.807, 2.05) is 36.6 Å². The highest BCUT2D eigenvalue weighted by atomic mass is 28.3. The van der Waals surface area contributed by atoms with Crippen LogP contribution in [0, 0.1) is 11.6 Å². The highest BCUT2D eigenvalue weighted by Gasteiger charge is 2.24.